The van der Waals surface area contributed by atoms with Crippen LogP contribution in [0.25, 0.3) is 0 Å². The van der Waals surface area contributed by atoms with E-state index in [1.165, 1.54) is 11.1 Å². The molecular formula is C18H24N2O2. The summed E-state index contributed by atoms with van der Waals surface area (Å²) in [7, 11) is 0. The summed E-state index contributed by atoms with van der Waals surface area (Å²) in [5.41, 5.74) is 3.06. The molecule has 0 saturated carbocycles. The van der Waals surface area contributed by atoms with Crippen LogP contribution in [-0.2, 0) is 4.74 Å². The molecule has 1 aliphatic carbocycles. The van der Waals surface area contributed by atoms with Crippen LogP contribution in [0.2, 0.25) is 0 Å². The Morgan fingerprint density at radius 3 is 2.41 bits per heavy atom. The van der Waals surface area contributed by atoms with E-state index in [1.807, 2.05) is 32.9 Å². The Morgan fingerprint density at radius 2 is 1.91 bits per heavy atom. The number of hydrogen-bond donors (Lipinski definition) is 0. The predicted octanol–water partition coefficient (Wildman–Crippen LogP) is 4.11. The lowest BCUT2D eigenvalue weighted by Gasteiger charge is -2.31. The van der Waals surface area contributed by atoms with Gasteiger partial charge < -0.3 is 9.64 Å². The molecule has 1 saturated heterocycles. The Hall–Kier alpha value is -2.02. The molecule has 1 fully saturated rings. The molecule has 0 atom stereocenters. The summed E-state index contributed by atoms with van der Waals surface area (Å²) in [5, 5.41) is 8.85. The van der Waals surface area contributed by atoms with Crippen LogP contribution in [0.1, 0.15) is 46.5 Å². The van der Waals surface area contributed by atoms with Crippen molar-refractivity contribution in [1.82, 2.24) is 4.90 Å². The van der Waals surface area contributed by atoms with Gasteiger partial charge in [0, 0.05) is 18.7 Å². The van der Waals surface area contributed by atoms with Gasteiger partial charge in [-0.25, -0.2) is 4.79 Å². The second-order valence-electron chi connectivity index (χ2n) is 6.82. The molecule has 4 heteroatoms. The molecule has 2 aliphatic rings. The molecule has 2 rings (SSSR count). The highest BCUT2D eigenvalue weighted by atomic mass is 16.6. The van der Waals surface area contributed by atoms with Crippen molar-refractivity contribution in [1.29, 1.82) is 5.26 Å². The Morgan fingerprint density at radius 1 is 1.23 bits per heavy atom. The number of amides is 1. The van der Waals surface area contributed by atoms with Crippen molar-refractivity contribution in [3.63, 3.8) is 0 Å². The maximum Gasteiger partial charge on any atom is 0.410 e. The third-order valence-corrected chi connectivity index (χ3v) is 3.77. The van der Waals surface area contributed by atoms with Crippen LogP contribution in [0.15, 0.2) is 34.9 Å². The molecule has 1 amide bonds. The lowest BCUT2D eigenvalue weighted by atomic mass is 9.94. The highest BCUT2D eigenvalue weighted by Gasteiger charge is 2.24. The number of nitrogens with zero attached hydrogens (tertiary/aromatic N) is 2. The van der Waals surface area contributed by atoms with Crippen molar-refractivity contribution in [3.8, 4) is 6.07 Å². The summed E-state index contributed by atoms with van der Waals surface area (Å²) in [6, 6.07) is 2.20. The second kappa shape index (κ2) is 6.83. The number of piperidine rings is 1. The molecule has 0 radical (unpaired) electrons. The molecular weight excluding hydrogens is 276 g/mol. The van der Waals surface area contributed by atoms with E-state index in [0.717, 1.165) is 31.3 Å². The smallest absolute Gasteiger partial charge is 0.410 e. The van der Waals surface area contributed by atoms with Crippen LogP contribution in [0.3, 0.4) is 0 Å². The minimum atomic E-state index is -0.440. The molecule has 0 spiro atoms. The summed E-state index contributed by atoms with van der Waals surface area (Å²) < 4.78 is 5.40. The summed E-state index contributed by atoms with van der Waals surface area (Å²) in [6.45, 7) is 7.09. The number of carbonyl (C=O) groups excluding carboxylic acids is 1. The van der Waals surface area contributed by atoms with Crippen molar-refractivity contribution in [2.45, 2.75) is 52.1 Å². The Balaban J connectivity index is 1.89. The van der Waals surface area contributed by atoms with Gasteiger partial charge in [-0.15, -0.1) is 0 Å². The molecule has 4 nitrogen and oxygen atoms in total. The van der Waals surface area contributed by atoms with E-state index in [-0.39, 0.29) is 6.09 Å². The largest absolute Gasteiger partial charge is 0.444 e. The van der Waals surface area contributed by atoms with Crippen LogP contribution in [-0.4, -0.2) is 29.7 Å². The van der Waals surface area contributed by atoms with E-state index in [4.69, 9.17) is 10.00 Å². The molecule has 0 unspecified atom stereocenters. The molecule has 0 bridgehead atoms. The Labute approximate surface area is 132 Å². The van der Waals surface area contributed by atoms with Crippen molar-refractivity contribution in [2.75, 3.05) is 13.1 Å². The zero-order valence-electron chi connectivity index (χ0n) is 13.7. The van der Waals surface area contributed by atoms with Gasteiger partial charge in [-0.3, -0.25) is 0 Å². The molecule has 0 aromatic carbocycles. The zero-order valence-corrected chi connectivity index (χ0v) is 13.7. The van der Waals surface area contributed by atoms with Crippen LogP contribution >= 0.6 is 0 Å². The topological polar surface area (TPSA) is 53.3 Å². The summed E-state index contributed by atoms with van der Waals surface area (Å²) in [5.74, 6) is 0. The maximum atomic E-state index is 12.0. The number of allylic oxidation sites excluding steroid dienone is 5. The highest BCUT2D eigenvalue weighted by Crippen LogP contribution is 2.24. The summed E-state index contributed by atoms with van der Waals surface area (Å²) in [4.78, 5) is 13.8. The molecule has 118 valence electrons. The third-order valence-electron chi connectivity index (χ3n) is 3.77. The highest BCUT2D eigenvalue weighted by molar-refractivity contribution is 5.68. The van der Waals surface area contributed by atoms with Crippen molar-refractivity contribution in [3.05, 3.63) is 34.9 Å². The quantitative estimate of drug-likeness (QED) is 0.732. The van der Waals surface area contributed by atoms with Crippen molar-refractivity contribution < 1.29 is 9.53 Å². The SMILES string of the molecule is CC(C)(C)OC(=O)N1CCC(=CC2=CC=C(C#N)CC2)CC1. The van der Waals surface area contributed by atoms with Gasteiger partial charge in [-0.2, -0.15) is 5.26 Å². The average Bonchev–Trinajstić information content (AvgIpc) is 2.47. The Bertz CT molecular complexity index is 561. The minimum absolute atomic E-state index is 0.218. The van der Waals surface area contributed by atoms with Gasteiger partial charge in [0.25, 0.3) is 0 Å². The number of likely N-dealkylation sites (tertiary alicyclic amines) is 1. The van der Waals surface area contributed by atoms with Gasteiger partial charge in [0.1, 0.15) is 5.60 Å². The lowest BCUT2D eigenvalue weighted by Crippen LogP contribution is -2.40. The first-order valence-corrected chi connectivity index (χ1v) is 7.84. The molecule has 1 aliphatic heterocycles. The number of nitriles is 1. The van der Waals surface area contributed by atoms with Gasteiger partial charge >= 0.3 is 6.09 Å². The molecule has 0 N–H and O–H groups in total. The molecule has 22 heavy (non-hydrogen) atoms. The van der Waals surface area contributed by atoms with Gasteiger partial charge in [-0.1, -0.05) is 17.7 Å². The number of rotatable bonds is 1. The van der Waals surface area contributed by atoms with Crippen LogP contribution in [0.5, 0.6) is 0 Å². The summed E-state index contributed by atoms with van der Waals surface area (Å²) in [6.07, 6.45) is 9.51. The van der Waals surface area contributed by atoms with E-state index in [1.54, 1.807) is 4.90 Å². The van der Waals surface area contributed by atoms with E-state index in [0.29, 0.717) is 13.1 Å². The van der Waals surface area contributed by atoms with Gasteiger partial charge in [0.15, 0.2) is 0 Å². The van der Waals surface area contributed by atoms with Crippen LogP contribution < -0.4 is 0 Å². The first kappa shape index (κ1) is 16.4. The normalized spacial score (nSPS) is 19.0. The molecule has 1 heterocycles. The van der Waals surface area contributed by atoms with Crippen molar-refractivity contribution >= 4 is 6.09 Å². The number of hydrogen-bond acceptors (Lipinski definition) is 3. The fraction of sp³-hybridized carbons (Fsp3) is 0.556. The predicted molar refractivity (Wildman–Crippen MR) is 86.1 cm³/mol. The third kappa shape index (κ3) is 4.77. The van der Waals surface area contributed by atoms with Gasteiger partial charge in [0.2, 0.25) is 0 Å². The maximum absolute atomic E-state index is 12.0. The number of ether oxygens (including phenoxy) is 1. The van der Waals surface area contributed by atoms with Crippen LogP contribution in [0.4, 0.5) is 4.79 Å². The standard InChI is InChI=1S/C18H24N2O2/c1-18(2,3)22-17(21)20-10-8-15(9-11-20)12-14-4-6-16(13-19)7-5-14/h4,6,12H,5,7-11H2,1-3H3. The zero-order chi connectivity index (χ0) is 16.2. The van der Waals surface area contributed by atoms with E-state index in [9.17, 15) is 4.79 Å². The van der Waals surface area contributed by atoms with Gasteiger partial charge in [0.05, 0.1) is 6.07 Å². The Kier molecular flexibility index (Phi) is 5.07. The average molecular weight is 300 g/mol. The first-order chi connectivity index (χ1) is 10.4. The van der Waals surface area contributed by atoms with E-state index in [2.05, 4.69) is 12.1 Å². The van der Waals surface area contributed by atoms with Gasteiger partial charge in [-0.05, 0) is 58.1 Å². The fourth-order valence-corrected chi connectivity index (χ4v) is 2.58. The molecule has 0 aromatic rings. The monoisotopic (exact) mass is 300 g/mol. The molecule has 0 aromatic heterocycles. The second-order valence-corrected chi connectivity index (χ2v) is 6.82. The first-order valence-electron chi connectivity index (χ1n) is 7.84. The van der Waals surface area contributed by atoms with E-state index < -0.39 is 5.60 Å². The van der Waals surface area contributed by atoms with Crippen molar-refractivity contribution in [2.24, 2.45) is 0 Å². The lowest BCUT2D eigenvalue weighted by molar-refractivity contribution is 0.0236. The number of carbonyl (C=O) groups is 1. The van der Waals surface area contributed by atoms with Crippen LogP contribution in [0, 0.1) is 11.3 Å². The van der Waals surface area contributed by atoms with E-state index >= 15 is 0 Å². The fourth-order valence-electron chi connectivity index (χ4n) is 2.58. The minimum Gasteiger partial charge on any atom is -0.444 e. The summed E-state index contributed by atoms with van der Waals surface area (Å²) >= 11 is 0.